The van der Waals surface area contributed by atoms with Gasteiger partial charge in [0, 0.05) is 12.6 Å². The van der Waals surface area contributed by atoms with Crippen molar-refractivity contribution in [3.8, 4) is 0 Å². The smallest absolute Gasteiger partial charge is 0.358 e. The number of carboxylic acids is 1. The Labute approximate surface area is 93.0 Å². The lowest BCUT2D eigenvalue weighted by Crippen LogP contribution is -2.22. The summed E-state index contributed by atoms with van der Waals surface area (Å²) in [5.74, 6) is 0.0770. The van der Waals surface area contributed by atoms with Crippen molar-refractivity contribution in [2.45, 2.75) is 13.0 Å². The SMILES string of the molecule is NCC1CCN(Cc2cc(C(=O)O)no2)C1. The zero-order valence-electron chi connectivity index (χ0n) is 8.93. The van der Waals surface area contributed by atoms with E-state index in [2.05, 4.69) is 10.1 Å². The van der Waals surface area contributed by atoms with Crippen LogP contribution >= 0.6 is 0 Å². The van der Waals surface area contributed by atoms with Crippen LogP contribution in [0.15, 0.2) is 10.6 Å². The molecule has 0 aromatic carbocycles. The van der Waals surface area contributed by atoms with Crippen molar-refractivity contribution in [1.82, 2.24) is 10.1 Å². The quantitative estimate of drug-likeness (QED) is 0.758. The summed E-state index contributed by atoms with van der Waals surface area (Å²) in [7, 11) is 0. The molecule has 0 amide bonds. The summed E-state index contributed by atoms with van der Waals surface area (Å²) in [5.41, 5.74) is 5.56. The van der Waals surface area contributed by atoms with Crippen molar-refractivity contribution in [2.75, 3.05) is 19.6 Å². The molecule has 2 rings (SSSR count). The lowest BCUT2D eigenvalue weighted by molar-refractivity contribution is 0.0685. The Morgan fingerprint density at radius 2 is 2.56 bits per heavy atom. The van der Waals surface area contributed by atoms with Crippen LogP contribution in [0.2, 0.25) is 0 Å². The molecule has 1 fully saturated rings. The second-order valence-corrected chi connectivity index (χ2v) is 4.11. The summed E-state index contributed by atoms with van der Waals surface area (Å²) < 4.78 is 4.95. The number of nitrogens with zero attached hydrogens (tertiary/aromatic N) is 2. The molecule has 2 heterocycles. The van der Waals surface area contributed by atoms with Gasteiger partial charge in [-0.25, -0.2) is 4.79 Å². The van der Waals surface area contributed by atoms with Gasteiger partial charge in [-0.15, -0.1) is 0 Å². The molecule has 0 radical (unpaired) electrons. The number of hydrogen-bond donors (Lipinski definition) is 2. The maximum atomic E-state index is 10.6. The highest BCUT2D eigenvalue weighted by Gasteiger charge is 2.22. The minimum atomic E-state index is -1.06. The standard InChI is InChI=1S/C10H15N3O3/c11-4-7-1-2-13(5-7)6-8-3-9(10(14)15)12-16-8/h3,7H,1-2,4-6,11H2,(H,14,15). The Bertz CT molecular complexity index is 377. The molecule has 0 spiro atoms. The van der Waals surface area contributed by atoms with Gasteiger partial charge in [-0.3, -0.25) is 4.90 Å². The third-order valence-electron chi connectivity index (χ3n) is 2.86. The van der Waals surface area contributed by atoms with E-state index in [1.54, 1.807) is 0 Å². The summed E-state index contributed by atoms with van der Waals surface area (Å²) in [4.78, 5) is 12.8. The minimum absolute atomic E-state index is 0.0374. The summed E-state index contributed by atoms with van der Waals surface area (Å²) in [5, 5.41) is 12.2. The molecule has 0 aliphatic carbocycles. The fraction of sp³-hybridized carbons (Fsp3) is 0.600. The van der Waals surface area contributed by atoms with Gasteiger partial charge >= 0.3 is 5.97 Å². The molecule has 1 saturated heterocycles. The van der Waals surface area contributed by atoms with Gasteiger partial charge < -0.3 is 15.4 Å². The number of hydrogen-bond acceptors (Lipinski definition) is 5. The first-order chi connectivity index (χ1) is 7.69. The molecule has 1 unspecified atom stereocenters. The minimum Gasteiger partial charge on any atom is -0.476 e. The Kier molecular flexibility index (Phi) is 3.21. The predicted octanol–water partition coefficient (Wildman–Crippen LogP) is 0.153. The number of nitrogens with two attached hydrogens (primary N) is 1. The molecule has 6 heteroatoms. The molecule has 1 aromatic heterocycles. The Morgan fingerprint density at radius 3 is 3.12 bits per heavy atom. The van der Waals surface area contributed by atoms with Crippen molar-refractivity contribution >= 4 is 5.97 Å². The van der Waals surface area contributed by atoms with Crippen molar-refractivity contribution < 1.29 is 14.4 Å². The summed E-state index contributed by atoms with van der Waals surface area (Å²) >= 11 is 0. The molecular formula is C10H15N3O3. The van der Waals surface area contributed by atoms with Gasteiger partial charge in [0.2, 0.25) is 0 Å². The monoisotopic (exact) mass is 225 g/mol. The Morgan fingerprint density at radius 1 is 1.75 bits per heavy atom. The van der Waals surface area contributed by atoms with Crippen LogP contribution < -0.4 is 5.73 Å². The van der Waals surface area contributed by atoms with Gasteiger partial charge in [0.15, 0.2) is 11.5 Å². The fourth-order valence-electron chi connectivity index (χ4n) is 1.96. The average molecular weight is 225 g/mol. The molecule has 1 aliphatic rings. The summed E-state index contributed by atoms with van der Waals surface area (Å²) in [6, 6.07) is 1.47. The average Bonchev–Trinajstić information content (AvgIpc) is 2.87. The molecule has 0 saturated carbocycles. The van der Waals surface area contributed by atoms with E-state index in [-0.39, 0.29) is 5.69 Å². The van der Waals surface area contributed by atoms with Crippen LogP contribution in [0.4, 0.5) is 0 Å². The van der Waals surface area contributed by atoms with Gasteiger partial charge in [0.25, 0.3) is 0 Å². The van der Waals surface area contributed by atoms with Gasteiger partial charge in [-0.05, 0) is 25.4 Å². The van der Waals surface area contributed by atoms with Crippen LogP contribution in [0.3, 0.4) is 0 Å². The molecule has 88 valence electrons. The maximum Gasteiger partial charge on any atom is 0.358 e. The largest absolute Gasteiger partial charge is 0.476 e. The van der Waals surface area contributed by atoms with Crippen LogP contribution in [0.1, 0.15) is 22.7 Å². The molecule has 0 bridgehead atoms. The summed E-state index contributed by atoms with van der Waals surface area (Å²) in [6.45, 7) is 3.23. The van der Waals surface area contributed by atoms with E-state index in [0.717, 1.165) is 19.5 Å². The number of likely N-dealkylation sites (tertiary alicyclic amines) is 1. The van der Waals surface area contributed by atoms with Crippen molar-refractivity contribution in [3.63, 3.8) is 0 Å². The highest BCUT2D eigenvalue weighted by molar-refractivity contribution is 5.85. The second-order valence-electron chi connectivity index (χ2n) is 4.11. The number of carboxylic acid groups (broad SMARTS) is 1. The molecule has 1 atom stereocenters. The van der Waals surface area contributed by atoms with Gasteiger partial charge in [0.05, 0.1) is 6.54 Å². The van der Waals surface area contributed by atoms with E-state index in [9.17, 15) is 4.79 Å². The maximum absolute atomic E-state index is 10.6. The molecule has 1 aromatic rings. The molecule has 3 N–H and O–H groups in total. The van der Waals surface area contributed by atoms with Crippen molar-refractivity contribution in [2.24, 2.45) is 11.7 Å². The van der Waals surface area contributed by atoms with Gasteiger partial charge in [0.1, 0.15) is 0 Å². The first kappa shape index (κ1) is 11.1. The lowest BCUT2D eigenvalue weighted by atomic mass is 10.1. The lowest BCUT2D eigenvalue weighted by Gasteiger charge is -2.12. The van der Waals surface area contributed by atoms with E-state index < -0.39 is 5.97 Å². The fourth-order valence-corrected chi connectivity index (χ4v) is 1.96. The van der Waals surface area contributed by atoms with E-state index in [1.807, 2.05) is 0 Å². The van der Waals surface area contributed by atoms with Crippen LogP contribution in [0.25, 0.3) is 0 Å². The van der Waals surface area contributed by atoms with E-state index >= 15 is 0 Å². The number of carbonyl (C=O) groups is 1. The highest BCUT2D eigenvalue weighted by Crippen LogP contribution is 2.17. The topological polar surface area (TPSA) is 92.6 Å². The number of aromatic nitrogens is 1. The van der Waals surface area contributed by atoms with Crippen molar-refractivity contribution in [1.29, 1.82) is 0 Å². The van der Waals surface area contributed by atoms with Crippen LogP contribution in [0, 0.1) is 5.92 Å². The first-order valence-electron chi connectivity index (χ1n) is 5.30. The Balaban J connectivity index is 1.92. The highest BCUT2D eigenvalue weighted by atomic mass is 16.5. The van der Waals surface area contributed by atoms with Crippen LogP contribution in [-0.4, -0.2) is 40.8 Å². The van der Waals surface area contributed by atoms with E-state index in [0.29, 0.717) is 24.8 Å². The van der Waals surface area contributed by atoms with Crippen LogP contribution in [-0.2, 0) is 6.54 Å². The zero-order valence-corrected chi connectivity index (χ0v) is 8.93. The third-order valence-corrected chi connectivity index (χ3v) is 2.86. The number of rotatable bonds is 4. The van der Waals surface area contributed by atoms with E-state index in [4.69, 9.17) is 15.4 Å². The summed E-state index contributed by atoms with van der Waals surface area (Å²) in [6.07, 6.45) is 1.09. The normalized spacial score (nSPS) is 21.4. The van der Waals surface area contributed by atoms with Crippen molar-refractivity contribution in [3.05, 3.63) is 17.5 Å². The molecular weight excluding hydrogens is 210 g/mol. The van der Waals surface area contributed by atoms with Gasteiger partial charge in [-0.2, -0.15) is 0 Å². The number of aromatic carboxylic acids is 1. The molecule has 6 nitrogen and oxygen atoms in total. The zero-order chi connectivity index (χ0) is 11.5. The molecule has 1 aliphatic heterocycles. The molecule has 16 heavy (non-hydrogen) atoms. The van der Waals surface area contributed by atoms with Crippen LogP contribution in [0.5, 0.6) is 0 Å². The predicted molar refractivity (Wildman–Crippen MR) is 55.9 cm³/mol. The Hall–Kier alpha value is -1.40. The first-order valence-corrected chi connectivity index (χ1v) is 5.30. The van der Waals surface area contributed by atoms with Gasteiger partial charge in [-0.1, -0.05) is 5.16 Å². The third kappa shape index (κ3) is 2.40. The second kappa shape index (κ2) is 4.63. The van der Waals surface area contributed by atoms with E-state index in [1.165, 1.54) is 6.07 Å².